The molecular weight excluding hydrogens is 406 g/mol. The minimum absolute atomic E-state index is 0.167. The van der Waals surface area contributed by atoms with Crippen LogP contribution in [0.1, 0.15) is 24.0 Å². The van der Waals surface area contributed by atoms with Crippen LogP contribution in [0.15, 0.2) is 59.4 Å². The SMILES string of the molecule is CN1CCC(NC(=O)CO/N=C2/C(=C3\C(=O)Nc4ccccc43)Nc3ccccc32)CC1. The summed E-state index contributed by atoms with van der Waals surface area (Å²) in [6.07, 6.45) is 1.86. The lowest BCUT2D eigenvalue weighted by Crippen LogP contribution is -2.44. The van der Waals surface area contributed by atoms with E-state index in [1.807, 2.05) is 48.5 Å². The van der Waals surface area contributed by atoms with Gasteiger partial charge in [0, 0.05) is 28.5 Å². The van der Waals surface area contributed by atoms with Gasteiger partial charge < -0.3 is 25.7 Å². The lowest BCUT2D eigenvalue weighted by atomic mass is 10.0. The minimum atomic E-state index is -0.200. The second-order valence-corrected chi connectivity index (χ2v) is 8.28. The van der Waals surface area contributed by atoms with Crippen molar-refractivity contribution in [2.24, 2.45) is 5.16 Å². The van der Waals surface area contributed by atoms with Crippen molar-refractivity contribution in [1.29, 1.82) is 0 Å². The molecule has 2 aromatic carbocycles. The zero-order valence-electron chi connectivity index (χ0n) is 17.9. The molecule has 3 heterocycles. The van der Waals surface area contributed by atoms with Gasteiger partial charge in [-0.3, -0.25) is 9.59 Å². The number of nitrogens with zero attached hydrogens (tertiary/aromatic N) is 2. The summed E-state index contributed by atoms with van der Waals surface area (Å²) in [6, 6.07) is 15.3. The van der Waals surface area contributed by atoms with E-state index in [4.69, 9.17) is 4.84 Å². The maximum absolute atomic E-state index is 12.8. The van der Waals surface area contributed by atoms with Crippen molar-refractivity contribution in [2.45, 2.75) is 18.9 Å². The Morgan fingerprint density at radius 3 is 2.47 bits per heavy atom. The molecule has 0 atom stereocenters. The fourth-order valence-corrected chi connectivity index (χ4v) is 4.35. The van der Waals surface area contributed by atoms with Crippen LogP contribution in [0.25, 0.3) is 5.57 Å². The molecule has 3 aliphatic heterocycles. The predicted molar refractivity (Wildman–Crippen MR) is 123 cm³/mol. The van der Waals surface area contributed by atoms with Crippen LogP contribution in [0.5, 0.6) is 0 Å². The molecule has 8 nitrogen and oxygen atoms in total. The first-order chi connectivity index (χ1) is 15.6. The maximum Gasteiger partial charge on any atom is 0.260 e. The van der Waals surface area contributed by atoms with Crippen molar-refractivity contribution in [3.63, 3.8) is 0 Å². The zero-order valence-corrected chi connectivity index (χ0v) is 17.9. The van der Waals surface area contributed by atoms with Crippen LogP contribution in [-0.2, 0) is 14.4 Å². The van der Waals surface area contributed by atoms with Crippen LogP contribution >= 0.6 is 0 Å². The van der Waals surface area contributed by atoms with Crippen molar-refractivity contribution in [2.75, 3.05) is 37.4 Å². The van der Waals surface area contributed by atoms with Crippen molar-refractivity contribution >= 4 is 34.5 Å². The molecule has 0 bridgehead atoms. The highest BCUT2D eigenvalue weighted by molar-refractivity contribution is 6.39. The molecule has 3 N–H and O–H groups in total. The molecule has 0 saturated carbocycles. The molecule has 2 aromatic rings. The Bertz CT molecular complexity index is 1130. The van der Waals surface area contributed by atoms with E-state index in [2.05, 4.69) is 33.1 Å². The number of carbonyl (C=O) groups excluding carboxylic acids is 2. The number of benzene rings is 2. The monoisotopic (exact) mass is 431 g/mol. The molecule has 164 valence electrons. The van der Waals surface area contributed by atoms with E-state index in [0.717, 1.165) is 48.4 Å². The van der Waals surface area contributed by atoms with Gasteiger partial charge in [-0.05, 0) is 45.1 Å². The number of carbonyl (C=O) groups is 2. The fraction of sp³-hybridized carbons (Fsp3) is 0.292. The van der Waals surface area contributed by atoms with E-state index < -0.39 is 0 Å². The summed E-state index contributed by atoms with van der Waals surface area (Å²) in [5, 5.41) is 13.5. The Hall–Kier alpha value is -3.65. The van der Waals surface area contributed by atoms with Crippen molar-refractivity contribution in [3.05, 3.63) is 65.4 Å². The van der Waals surface area contributed by atoms with Crippen LogP contribution < -0.4 is 16.0 Å². The molecule has 0 aliphatic carbocycles. The first kappa shape index (κ1) is 20.3. The predicted octanol–water partition coefficient (Wildman–Crippen LogP) is 2.41. The Labute approximate surface area is 186 Å². The Balaban J connectivity index is 1.38. The summed E-state index contributed by atoms with van der Waals surface area (Å²) in [7, 11) is 2.08. The van der Waals surface area contributed by atoms with E-state index >= 15 is 0 Å². The quantitative estimate of drug-likeness (QED) is 0.511. The van der Waals surface area contributed by atoms with Gasteiger partial charge in [-0.1, -0.05) is 41.6 Å². The Kier molecular flexibility index (Phi) is 5.36. The number of hydrogen-bond acceptors (Lipinski definition) is 6. The van der Waals surface area contributed by atoms with E-state index in [-0.39, 0.29) is 24.5 Å². The van der Waals surface area contributed by atoms with Crippen molar-refractivity contribution in [3.8, 4) is 0 Å². The van der Waals surface area contributed by atoms with Crippen LogP contribution in [0.3, 0.4) is 0 Å². The Morgan fingerprint density at radius 2 is 1.72 bits per heavy atom. The highest BCUT2D eigenvalue weighted by Crippen LogP contribution is 2.38. The minimum Gasteiger partial charge on any atom is -0.385 e. The van der Waals surface area contributed by atoms with Crippen LogP contribution in [0.4, 0.5) is 11.4 Å². The van der Waals surface area contributed by atoms with Crippen molar-refractivity contribution < 1.29 is 14.4 Å². The number of allylic oxidation sites excluding steroid dienone is 1. The first-order valence-electron chi connectivity index (χ1n) is 10.8. The third-order valence-electron chi connectivity index (χ3n) is 6.04. The van der Waals surface area contributed by atoms with Gasteiger partial charge in [-0.15, -0.1) is 0 Å². The van der Waals surface area contributed by atoms with Crippen molar-refractivity contribution in [1.82, 2.24) is 10.2 Å². The number of oxime groups is 1. The molecule has 5 rings (SSSR count). The van der Waals surface area contributed by atoms with E-state index in [1.54, 1.807) is 0 Å². The molecule has 0 unspecified atom stereocenters. The normalized spacial score (nSPS) is 21.7. The number of rotatable bonds is 4. The summed E-state index contributed by atoms with van der Waals surface area (Å²) in [6.45, 7) is 1.76. The van der Waals surface area contributed by atoms with Crippen LogP contribution in [0.2, 0.25) is 0 Å². The van der Waals surface area contributed by atoms with Gasteiger partial charge in [-0.2, -0.15) is 0 Å². The number of fused-ring (bicyclic) bond motifs is 2. The second-order valence-electron chi connectivity index (χ2n) is 8.28. The van der Waals surface area contributed by atoms with Gasteiger partial charge in [0.1, 0.15) is 5.71 Å². The van der Waals surface area contributed by atoms with Gasteiger partial charge in [-0.25, -0.2) is 0 Å². The summed E-state index contributed by atoms with van der Waals surface area (Å²) in [4.78, 5) is 32.8. The molecular formula is C24H25N5O3. The molecule has 0 radical (unpaired) electrons. The first-order valence-corrected chi connectivity index (χ1v) is 10.8. The van der Waals surface area contributed by atoms with Crippen LogP contribution in [-0.4, -0.2) is 55.2 Å². The van der Waals surface area contributed by atoms with E-state index in [0.29, 0.717) is 17.0 Å². The third kappa shape index (κ3) is 3.85. The van der Waals surface area contributed by atoms with Gasteiger partial charge >= 0.3 is 0 Å². The van der Waals surface area contributed by atoms with Gasteiger partial charge in [0.25, 0.3) is 11.8 Å². The number of para-hydroxylation sites is 2. The molecule has 0 spiro atoms. The molecule has 1 saturated heterocycles. The number of amides is 2. The number of likely N-dealkylation sites (tertiary alicyclic amines) is 1. The lowest BCUT2D eigenvalue weighted by Gasteiger charge is -2.29. The lowest BCUT2D eigenvalue weighted by molar-refractivity contribution is -0.126. The summed E-state index contributed by atoms with van der Waals surface area (Å²) < 4.78 is 0. The molecule has 0 aromatic heterocycles. The Morgan fingerprint density at radius 1 is 1.06 bits per heavy atom. The van der Waals surface area contributed by atoms with Crippen LogP contribution in [0, 0.1) is 0 Å². The summed E-state index contributed by atoms with van der Waals surface area (Å²) >= 11 is 0. The van der Waals surface area contributed by atoms with E-state index in [1.165, 1.54) is 0 Å². The number of nitrogens with one attached hydrogen (secondary N) is 3. The zero-order chi connectivity index (χ0) is 22.1. The number of anilines is 2. The smallest absolute Gasteiger partial charge is 0.260 e. The largest absolute Gasteiger partial charge is 0.385 e. The maximum atomic E-state index is 12.8. The van der Waals surface area contributed by atoms with Gasteiger partial charge in [0.05, 0.1) is 11.3 Å². The molecule has 32 heavy (non-hydrogen) atoms. The molecule has 8 heteroatoms. The number of hydrogen-bond donors (Lipinski definition) is 3. The average molecular weight is 431 g/mol. The standard InChI is InChI=1S/C24H25N5O3/c1-29-12-10-15(11-13-29)25-20(30)14-32-28-22-17-7-3-5-9-19(17)26-23(22)21-16-6-2-4-8-18(16)27-24(21)31/h2-9,15,26H,10-14H2,1H3,(H,25,30)(H,27,31)/b23-21+,28-22+. The summed E-state index contributed by atoms with van der Waals surface area (Å²) in [5.74, 6) is -0.393. The molecule has 1 fully saturated rings. The highest BCUT2D eigenvalue weighted by Gasteiger charge is 2.34. The topological polar surface area (TPSA) is 95.1 Å². The van der Waals surface area contributed by atoms with Gasteiger partial charge in [0.15, 0.2) is 6.61 Å². The number of piperidine rings is 1. The van der Waals surface area contributed by atoms with Gasteiger partial charge in [0.2, 0.25) is 0 Å². The molecule has 3 aliphatic rings. The average Bonchev–Trinajstić information content (AvgIpc) is 3.31. The highest BCUT2D eigenvalue weighted by atomic mass is 16.6. The summed E-state index contributed by atoms with van der Waals surface area (Å²) in [5.41, 5.74) is 4.82. The second kappa shape index (κ2) is 8.47. The van der Waals surface area contributed by atoms with E-state index in [9.17, 15) is 9.59 Å². The third-order valence-corrected chi connectivity index (χ3v) is 6.04. The molecule has 2 amide bonds. The fourth-order valence-electron chi connectivity index (χ4n) is 4.35.